The molecule has 3 rings (SSSR count). The van der Waals surface area contributed by atoms with Crippen LogP contribution in [0.25, 0.3) is 0 Å². The molecule has 0 heterocycles. The monoisotopic (exact) mass is 192 g/mol. The predicted octanol–water partition coefficient (Wildman–Crippen LogP) is 2.29. The zero-order valence-corrected chi connectivity index (χ0v) is 8.53. The number of hydrogen-bond donors (Lipinski definition) is 0. The zero-order valence-electron chi connectivity index (χ0n) is 8.53. The molecular weight excluding hydrogens is 176 g/mol. The number of rotatable bonds is 1. The standard InChI is InChI=1S/C12H16O2/c1-7(13)14-12-6-8-5-11(12)10-4-2-3-9(8)10/h6,9-12H,2-5H2,1H3. The minimum absolute atomic E-state index is 0.113. The molecule has 2 heteroatoms. The highest BCUT2D eigenvalue weighted by Crippen LogP contribution is 2.56. The highest BCUT2D eigenvalue weighted by atomic mass is 16.5. The van der Waals surface area contributed by atoms with Gasteiger partial charge in [0.25, 0.3) is 0 Å². The van der Waals surface area contributed by atoms with Gasteiger partial charge in [0.1, 0.15) is 6.10 Å². The first-order chi connectivity index (χ1) is 6.75. The van der Waals surface area contributed by atoms with Gasteiger partial charge in [0.2, 0.25) is 0 Å². The lowest BCUT2D eigenvalue weighted by molar-refractivity contribution is -0.146. The van der Waals surface area contributed by atoms with E-state index in [1.165, 1.54) is 32.6 Å². The predicted molar refractivity (Wildman–Crippen MR) is 52.6 cm³/mol. The summed E-state index contributed by atoms with van der Waals surface area (Å²) in [5.74, 6) is 2.18. The summed E-state index contributed by atoms with van der Waals surface area (Å²) in [6.45, 7) is 1.51. The van der Waals surface area contributed by atoms with Crippen LogP contribution < -0.4 is 0 Å². The Balaban J connectivity index is 1.81. The van der Waals surface area contributed by atoms with Gasteiger partial charge in [-0.1, -0.05) is 12.0 Å². The van der Waals surface area contributed by atoms with Crippen molar-refractivity contribution in [1.29, 1.82) is 0 Å². The molecule has 2 nitrogen and oxygen atoms in total. The molecule has 0 amide bonds. The molecule has 0 saturated heterocycles. The van der Waals surface area contributed by atoms with Crippen LogP contribution in [0.1, 0.15) is 32.6 Å². The summed E-state index contributed by atoms with van der Waals surface area (Å²) >= 11 is 0. The van der Waals surface area contributed by atoms with Crippen molar-refractivity contribution in [3.05, 3.63) is 11.6 Å². The van der Waals surface area contributed by atoms with Crippen molar-refractivity contribution in [2.45, 2.75) is 38.7 Å². The summed E-state index contributed by atoms with van der Waals surface area (Å²) < 4.78 is 5.34. The van der Waals surface area contributed by atoms with Crippen LogP contribution >= 0.6 is 0 Å². The minimum Gasteiger partial charge on any atom is -0.458 e. The van der Waals surface area contributed by atoms with E-state index < -0.39 is 0 Å². The largest absolute Gasteiger partial charge is 0.458 e. The molecule has 4 unspecified atom stereocenters. The molecule has 2 fully saturated rings. The Morgan fingerprint density at radius 3 is 3.07 bits per heavy atom. The van der Waals surface area contributed by atoms with Gasteiger partial charge in [-0.3, -0.25) is 4.79 Å². The van der Waals surface area contributed by atoms with E-state index in [9.17, 15) is 4.79 Å². The van der Waals surface area contributed by atoms with Gasteiger partial charge < -0.3 is 4.74 Å². The molecule has 2 bridgehead atoms. The van der Waals surface area contributed by atoms with Crippen LogP contribution in [0.2, 0.25) is 0 Å². The molecule has 4 atom stereocenters. The molecule has 2 saturated carbocycles. The number of carbonyl (C=O) groups is 1. The second-order valence-corrected chi connectivity index (χ2v) is 4.88. The fraction of sp³-hybridized carbons (Fsp3) is 0.750. The average Bonchev–Trinajstić information content (AvgIpc) is 2.68. The fourth-order valence-corrected chi connectivity index (χ4v) is 3.74. The number of allylic oxidation sites excluding steroid dienone is 1. The molecule has 0 N–H and O–H groups in total. The Morgan fingerprint density at radius 2 is 2.29 bits per heavy atom. The first-order valence-electron chi connectivity index (χ1n) is 5.63. The van der Waals surface area contributed by atoms with E-state index in [0.29, 0.717) is 5.92 Å². The van der Waals surface area contributed by atoms with Crippen molar-refractivity contribution in [3.63, 3.8) is 0 Å². The van der Waals surface area contributed by atoms with Crippen molar-refractivity contribution in [2.24, 2.45) is 17.8 Å². The van der Waals surface area contributed by atoms with Crippen LogP contribution in [0.3, 0.4) is 0 Å². The number of ether oxygens (including phenoxy) is 1. The van der Waals surface area contributed by atoms with Gasteiger partial charge in [-0.2, -0.15) is 0 Å². The van der Waals surface area contributed by atoms with Crippen molar-refractivity contribution in [3.8, 4) is 0 Å². The van der Waals surface area contributed by atoms with Crippen LogP contribution in [0.4, 0.5) is 0 Å². The van der Waals surface area contributed by atoms with Gasteiger partial charge in [0, 0.05) is 12.8 Å². The third-order valence-corrected chi connectivity index (χ3v) is 4.17. The molecule has 76 valence electrons. The molecule has 0 aromatic heterocycles. The van der Waals surface area contributed by atoms with Crippen LogP contribution in [0.15, 0.2) is 11.6 Å². The second kappa shape index (κ2) is 2.85. The van der Waals surface area contributed by atoms with Gasteiger partial charge >= 0.3 is 5.97 Å². The van der Waals surface area contributed by atoms with E-state index in [0.717, 1.165) is 11.8 Å². The average molecular weight is 192 g/mol. The summed E-state index contributed by atoms with van der Waals surface area (Å²) in [7, 11) is 0. The smallest absolute Gasteiger partial charge is 0.303 e. The maximum atomic E-state index is 10.9. The van der Waals surface area contributed by atoms with Gasteiger partial charge in [-0.25, -0.2) is 0 Å². The van der Waals surface area contributed by atoms with Gasteiger partial charge in [0.15, 0.2) is 0 Å². The topological polar surface area (TPSA) is 26.3 Å². The Morgan fingerprint density at radius 1 is 1.43 bits per heavy atom. The number of carbonyl (C=O) groups excluding carboxylic acids is 1. The number of fused-ring (bicyclic) bond motifs is 5. The summed E-state index contributed by atoms with van der Waals surface area (Å²) in [5, 5.41) is 0. The van der Waals surface area contributed by atoms with Crippen LogP contribution in [0.5, 0.6) is 0 Å². The minimum atomic E-state index is -0.131. The van der Waals surface area contributed by atoms with E-state index in [-0.39, 0.29) is 12.1 Å². The molecule has 3 aliphatic carbocycles. The van der Waals surface area contributed by atoms with E-state index in [4.69, 9.17) is 4.74 Å². The molecule has 0 radical (unpaired) electrons. The lowest BCUT2D eigenvalue weighted by Crippen LogP contribution is -2.28. The summed E-state index contributed by atoms with van der Waals surface area (Å²) in [6, 6.07) is 0. The maximum absolute atomic E-state index is 10.9. The molecule has 3 aliphatic rings. The Bertz CT molecular complexity index is 305. The van der Waals surface area contributed by atoms with E-state index >= 15 is 0 Å². The van der Waals surface area contributed by atoms with Crippen molar-refractivity contribution < 1.29 is 9.53 Å². The lowest BCUT2D eigenvalue weighted by Gasteiger charge is -2.26. The van der Waals surface area contributed by atoms with Gasteiger partial charge in [0.05, 0.1) is 0 Å². The molecule has 0 aromatic carbocycles. The maximum Gasteiger partial charge on any atom is 0.303 e. The lowest BCUT2D eigenvalue weighted by atomic mass is 9.85. The summed E-state index contributed by atoms with van der Waals surface area (Å²) in [6.07, 6.45) is 7.63. The Kier molecular flexibility index (Phi) is 1.73. The van der Waals surface area contributed by atoms with Gasteiger partial charge in [-0.15, -0.1) is 0 Å². The first kappa shape index (κ1) is 8.51. The van der Waals surface area contributed by atoms with Crippen molar-refractivity contribution in [1.82, 2.24) is 0 Å². The molecule has 0 spiro atoms. The van der Waals surface area contributed by atoms with Crippen LogP contribution in [-0.2, 0) is 9.53 Å². The Hall–Kier alpha value is -0.790. The molecule has 0 aromatic rings. The van der Waals surface area contributed by atoms with Gasteiger partial charge in [-0.05, 0) is 37.2 Å². The van der Waals surface area contributed by atoms with E-state index in [1.54, 1.807) is 5.57 Å². The van der Waals surface area contributed by atoms with Crippen LogP contribution in [0, 0.1) is 17.8 Å². The normalized spacial score (nSPS) is 43.6. The van der Waals surface area contributed by atoms with Crippen molar-refractivity contribution in [2.75, 3.05) is 0 Å². The number of esters is 1. The fourth-order valence-electron chi connectivity index (χ4n) is 3.74. The molecule has 0 aliphatic heterocycles. The molecule has 14 heavy (non-hydrogen) atoms. The first-order valence-corrected chi connectivity index (χ1v) is 5.63. The van der Waals surface area contributed by atoms with E-state index in [2.05, 4.69) is 6.08 Å². The van der Waals surface area contributed by atoms with E-state index in [1.807, 2.05) is 0 Å². The summed E-state index contributed by atoms with van der Waals surface area (Å²) in [4.78, 5) is 10.9. The Labute approximate surface area is 84.3 Å². The van der Waals surface area contributed by atoms with Crippen LogP contribution in [-0.4, -0.2) is 12.1 Å². The zero-order chi connectivity index (χ0) is 9.71. The quantitative estimate of drug-likeness (QED) is 0.470. The van der Waals surface area contributed by atoms with Crippen molar-refractivity contribution >= 4 is 5.97 Å². The molecular formula is C12H16O2. The third kappa shape index (κ3) is 1.06. The SMILES string of the molecule is CC(=O)OC1C=C2CC1C1CCCC21. The highest BCUT2D eigenvalue weighted by Gasteiger charge is 2.50. The third-order valence-electron chi connectivity index (χ3n) is 4.17. The summed E-state index contributed by atoms with van der Waals surface area (Å²) in [5.41, 5.74) is 1.59. The number of hydrogen-bond acceptors (Lipinski definition) is 2. The highest BCUT2D eigenvalue weighted by molar-refractivity contribution is 5.66. The second-order valence-electron chi connectivity index (χ2n) is 4.88.